The van der Waals surface area contributed by atoms with Crippen LogP contribution in [0.2, 0.25) is 0 Å². The highest BCUT2D eigenvalue weighted by atomic mass is 16.6. The molecule has 0 aromatic carbocycles. The van der Waals surface area contributed by atoms with Gasteiger partial charge in [-0.25, -0.2) is 4.79 Å². The minimum atomic E-state index is -0.774. The van der Waals surface area contributed by atoms with Crippen molar-refractivity contribution in [2.75, 3.05) is 7.11 Å². The summed E-state index contributed by atoms with van der Waals surface area (Å²) in [6, 6.07) is 0. The summed E-state index contributed by atoms with van der Waals surface area (Å²) < 4.78 is 17.7. The Kier molecular flexibility index (Phi) is 5.13. The zero-order valence-corrected chi connectivity index (χ0v) is 21.7. The second-order valence-corrected chi connectivity index (χ2v) is 12.8. The van der Waals surface area contributed by atoms with Gasteiger partial charge in [0, 0.05) is 19.4 Å². The Balaban J connectivity index is 1.29. The van der Waals surface area contributed by atoms with Crippen LogP contribution in [0.25, 0.3) is 0 Å². The summed E-state index contributed by atoms with van der Waals surface area (Å²) in [5.74, 6) is 1.74. The highest BCUT2D eigenvalue weighted by Crippen LogP contribution is 2.73. The van der Waals surface area contributed by atoms with Gasteiger partial charge in [-0.05, 0) is 86.7 Å². The maximum absolute atomic E-state index is 13.7. The summed E-state index contributed by atoms with van der Waals surface area (Å²) in [6.45, 7) is 12.6. The van der Waals surface area contributed by atoms with Gasteiger partial charge in [-0.3, -0.25) is 4.79 Å². The van der Waals surface area contributed by atoms with E-state index in [-0.39, 0.29) is 47.6 Å². The maximum Gasteiger partial charge on any atom is 0.338 e. The molecule has 0 aromatic heterocycles. The van der Waals surface area contributed by atoms with E-state index in [1.165, 1.54) is 0 Å². The van der Waals surface area contributed by atoms with Crippen molar-refractivity contribution in [3.05, 3.63) is 23.8 Å². The Morgan fingerprint density at radius 1 is 1.20 bits per heavy atom. The fraction of sp³-hybridized carbons (Fsp3) is 0.793. The largest absolute Gasteiger partial charge is 0.454 e. The monoisotopic (exact) mass is 484 g/mol. The molecule has 4 saturated carbocycles. The predicted octanol–water partition coefficient (Wildman–Crippen LogP) is 4.01. The predicted molar refractivity (Wildman–Crippen MR) is 129 cm³/mol. The minimum absolute atomic E-state index is 0.0691. The number of aliphatic hydroxyl groups is 1. The van der Waals surface area contributed by atoms with Crippen LogP contribution in [-0.2, 0) is 23.8 Å². The summed E-state index contributed by atoms with van der Waals surface area (Å²) in [4.78, 5) is 26.0. The molecule has 6 aliphatic rings. The van der Waals surface area contributed by atoms with E-state index >= 15 is 0 Å². The first kappa shape index (κ1) is 23.9. The lowest BCUT2D eigenvalue weighted by Crippen LogP contribution is -2.68. The van der Waals surface area contributed by atoms with Gasteiger partial charge in [0.05, 0.1) is 23.2 Å². The molecule has 0 bridgehead atoms. The molecule has 0 aromatic rings. The van der Waals surface area contributed by atoms with Gasteiger partial charge in [0.2, 0.25) is 0 Å². The number of Topliss-reactive ketones (excluding diaryl/α,β-unsaturated/α-hetero) is 1. The van der Waals surface area contributed by atoms with Gasteiger partial charge >= 0.3 is 5.97 Å². The lowest BCUT2D eigenvalue weighted by Gasteiger charge is -2.59. The molecule has 1 N–H and O–H groups in total. The molecule has 6 rings (SSSR count). The summed E-state index contributed by atoms with van der Waals surface area (Å²) in [7, 11) is 1.57. The zero-order valence-electron chi connectivity index (χ0n) is 21.7. The Morgan fingerprint density at radius 3 is 2.63 bits per heavy atom. The number of aliphatic hydroxyl groups excluding tert-OH is 1. The van der Waals surface area contributed by atoms with Crippen molar-refractivity contribution >= 4 is 11.8 Å². The molecule has 6 heteroatoms. The molecule has 5 fully saturated rings. The highest BCUT2D eigenvalue weighted by Gasteiger charge is 2.82. The van der Waals surface area contributed by atoms with Crippen molar-refractivity contribution in [1.82, 2.24) is 0 Å². The lowest BCUT2D eigenvalue weighted by molar-refractivity contribution is -0.183. The van der Waals surface area contributed by atoms with Crippen LogP contribution < -0.4 is 0 Å². The van der Waals surface area contributed by atoms with Gasteiger partial charge in [0.15, 0.2) is 0 Å². The first-order valence-corrected chi connectivity index (χ1v) is 13.5. The van der Waals surface area contributed by atoms with Crippen molar-refractivity contribution in [1.29, 1.82) is 0 Å². The van der Waals surface area contributed by atoms with Crippen LogP contribution in [0, 0.1) is 40.4 Å². The number of rotatable bonds is 3. The Labute approximate surface area is 208 Å². The van der Waals surface area contributed by atoms with E-state index < -0.39 is 23.2 Å². The molecular formula is C29H40O6. The van der Waals surface area contributed by atoms with E-state index in [0.29, 0.717) is 23.3 Å². The highest BCUT2D eigenvalue weighted by molar-refractivity contribution is 5.93. The second kappa shape index (κ2) is 7.52. The fourth-order valence-electron chi connectivity index (χ4n) is 9.87. The lowest BCUT2D eigenvalue weighted by atomic mass is 9.43. The van der Waals surface area contributed by atoms with Gasteiger partial charge in [-0.1, -0.05) is 20.4 Å². The number of epoxide rings is 1. The molecule has 192 valence electrons. The molecule has 0 radical (unpaired) electrons. The molecule has 12 atom stereocenters. The molecule has 0 unspecified atom stereocenters. The SMILES string of the molecule is C=C1C(=O)O[C@@H]([C@@H](C)[C@H]2CC[C@H]3[C@@H]4C[C@H]5O[C@]56[C@@H](O)[C@@H](OC)CC(=O)[C@]6(C)[C@H]4CC[C@]23C)C=C1C. The van der Waals surface area contributed by atoms with E-state index in [2.05, 4.69) is 33.4 Å². The van der Waals surface area contributed by atoms with Crippen molar-refractivity contribution in [2.24, 2.45) is 40.4 Å². The maximum atomic E-state index is 13.7. The topological polar surface area (TPSA) is 85.4 Å². The molecule has 2 heterocycles. The molecule has 1 saturated heterocycles. The van der Waals surface area contributed by atoms with Crippen LogP contribution >= 0.6 is 0 Å². The van der Waals surface area contributed by atoms with Crippen LogP contribution in [0.1, 0.15) is 66.2 Å². The van der Waals surface area contributed by atoms with E-state index in [0.717, 1.165) is 37.7 Å². The van der Waals surface area contributed by atoms with Crippen LogP contribution in [-0.4, -0.2) is 54.0 Å². The van der Waals surface area contributed by atoms with Crippen LogP contribution in [0.15, 0.2) is 23.8 Å². The van der Waals surface area contributed by atoms with Gasteiger partial charge in [0.1, 0.15) is 23.6 Å². The molecule has 2 aliphatic heterocycles. The molecule has 6 nitrogen and oxygen atoms in total. The average Bonchev–Trinajstić information content (AvgIpc) is 3.46. The number of hydrogen-bond donors (Lipinski definition) is 1. The van der Waals surface area contributed by atoms with Crippen molar-refractivity contribution in [3.8, 4) is 0 Å². The van der Waals surface area contributed by atoms with Gasteiger partial charge in [0.25, 0.3) is 0 Å². The summed E-state index contributed by atoms with van der Waals surface area (Å²) in [6.07, 6.45) is 6.03. The quantitative estimate of drug-likeness (QED) is 0.370. The third-order valence-corrected chi connectivity index (χ3v) is 11.9. The van der Waals surface area contributed by atoms with Crippen molar-refractivity contribution < 1.29 is 28.9 Å². The van der Waals surface area contributed by atoms with Crippen LogP contribution in [0.4, 0.5) is 0 Å². The smallest absolute Gasteiger partial charge is 0.338 e. The van der Waals surface area contributed by atoms with Gasteiger partial charge in [-0.15, -0.1) is 0 Å². The zero-order chi connectivity index (χ0) is 25.1. The van der Waals surface area contributed by atoms with Crippen LogP contribution in [0.5, 0.6) is 0 Å². The van der Waals surface area contributed by atoms with E-state index in [1.807, 2.05) is 6.92 Å². The number of ether oxygens (including phenoxy) is 3. The van der Waals surface area contributed by atoms with E-state index in [9.17, 15) is 14.7 Å². The number of fused-ring (bicyclic) bond motifs is 4. The second-order valence-electron chi connectivity index (χ2n) is 12.8. The number of cyclic esters (lactones) is 1. The number of esters is 1. The van der Waals surface area contributed by atoms with E-state index in [1.54, 1.807) is 7.11 Å². The minimum Gasteiger partial charge on any atom is -0.454 e. The first-order chi connectivity index (χ1) is 16.5. The molecule has 35 heavy (non-hydrogen) atoms. The number of carbonyl (C=O) groups is 2. The van der Waals surface area contributed by atoms with Crippen molar-refractivity contribution in [3.63, 3.8) is 0 Å². The number of carbonyl (C=O) groups excluding carboxylic acids is 2. The molecule has 1 spiro atoms. The number of methoxy groups -OCH3 is 1. The average molecular weight is 485 g/mol. The summed E-state index contributed by atoms with van der Waals surface area (Å²) >= 11 is 0. The normalized spacial score (nSPS) is 53.5. The molecule has 4 aliphatic carbocycles. The third-order valence-electron chi connectivity index (χ3n) is 11.9. The van der Waals surface area contributed by atoms with Crippen LogP contribution in [0.3, 0.4) is 0 Å². The Bertz CT molecular complexity index is 1020. The van der Waals surface area contributed by atoms with Crippen molar-refractivity contribution in [2.45, 2.75) is 96.2 Å². The number of hydrogen-bond acceptors (Lipinski definition) is 6. The Morgan fingerprint density at radius 2 is 1.94 bits per heavy atom. The first-order valence-electron chi connectivity index (χ1n) is 13.5. The molecule has 0 amide bonds. The fourth-order valence-corrected chi connectivity index (χ4v) is 9.87. The Hall–Kier alpha value is -1.50. The van der Waals surface area contributed by atoms with Gasteiger partial charge in [-0.2, -0.15) is 0 Å². The summed E-state index contributed by atoms with van der Waals surface area (Å²) in [5, 5.41) is 11.2. The third kappa shape index (κ3) is 2.82. The molecular weight excluding hydrogens is 444 g/mol. The standard InChI is InChI=1S/C29H40O6/c1-14-11-21(34-26(32)15(14)2)16(3)18-7-8-19-17-12-24-29(35-24)25(31)22(33-6)13-23(30)28(29,5)20(17)9-10-27(18,19)4/h11,16-22,24-25,31H,2,7-10,12-13H2,1,3-6H3/t16-,17-,18+,19-,20-,21+,22-,24+,25-,27+,28-,29-/m0/s1. The number of ketones is 1. The van der Waals surface area contributed by atoms with E-state index in [4.69, 9.17) is 14.2 Å². The van der Waals surface area contributed by atoms with Gasteiger partial charge < -0.3 is 19.3 Å². The summed E-state index contributed by atoms with van der Waals surface area (Å²) in [5.41, 5.74) is 0.0963.